The fourth-order valence-electron chi connectivity index (χ4n) is 3.56. The van der Waals surface area contributed by atoms with Gasteiger partial charge in [-0.15, -0.1) is 0 Å². The summed E-state index contributed by atoms with van der Waals surface area (Å²) in [4.78, 5) is 13.4. The smallest absolute Gasteiger partial charge is 0.304 e. The van der Waals surface area contributed by atoms with Crippen LogP contribution in [-0.4, -0.2) is 34.6 Å². The van der Waals surface area contributed by atoms with Gasteiger partial charge in [0.25, 0.3) is 0 Å². The summed E-state index contributed by atoms with van der Waals surface area (Å²) in [6.45, 7) is 3.47. The van der Waals surface area contributed by atoms with E-state index < -0.39 is 5.97 Å². The Labute approximate surface area is 104 Å². The van der Waals surface area contributed by atoms with Gasteiger partial charge in [-0.1, -0.05) is 19.8 Å². The number of carboxylic acids is 1. The second-order valence-corrected chi connectivity index (χ2v) is 5.90. The molecule has 1 saturated heterocycles. The maximum Gasteiger partial charge on any atom is 0.304 e. The monoisotopic (exact) mass is 239 g/mol. The molecule has 3 nitrogen and oxygen atoms in total. The largest absolute Gasteiger partial charge is 0.481 e. The topological polar surface area (TPSA) is 40.5 Å². The van der Waals surface area contributed by atoms with Gasteiger partial charge >= 0.3 is 5.97 Å². The number of rotatable bonds is 3. The minimum Gasteiger partial charge on any atom is -0.481 e. The molecule has 2 fully saturated rings. The molecular weight excluding hydrogens is 214 g/mol. The third-order valence-corrected chi connectivity index (χ3v) is 4.53. The van der Waals surface area contributed by atoms with E-state index in [9.17, 15) is 4.79 Å². The van der Waals surface area contributed by atoms with Crippen LogP contribution in [0, 0.1) is 5.92 Å². The Hall–Kier alpha value is -0.570. The summed E-state index contributed by atoms with van der Waals surface area (Å²) in [5, 5.41) is 8.96. The van der Waals surface area contributed by atoms with Crippen molar-refractivity contribution in [3.8, 4) is 0 Å². The highest BCUT2D eigenvalue weighted by molar-refractivity contribution is 5.67. The van der Waals surface area contributed by atoms with E-state index >= 15 is 0 Å². The highest BCUT2D eigenvalue weighted by Crippen LogP contribution is 2.31. The van der Waals surface area contributed by atoms with Crippen LogP contribution in [0.25, 0.3) is 0 Å². The minimum absolute atomic E-state index is 0.311. The molecule has 2 rings (SSSR count). The first-order valence-corrected chi connectivity index (χ1v) is 7.14. The van der Waals surface area contributed by atoms with Crippen LogP contribution in [0.1, 0.15) is 58.3 Å². The molecule has 3 atom stereocenters. The Bertz CT molecular complexity index is 267. The molecule has 0 radical (unpaired) electrons. The Morgan fingerprint density at radius 3 is 2.76 bits per heavy atom. The lowest BCUT2D eigenvalue weighted by molar-refractivity contribution is -0.138. The van der Waals surface area contributed by atoms with Crippen LogP contribution < -0.4 is 0 Å². The van der Waals surface area contributed by atoms with E-state index in [1.165, 1.54) is 38.5 Å². The van der Waals surface area contributed by atoms with Gasteiger partial charge < -0.3 is 5.11 Å². The predicted octanol–water partition coefficient (Wildman–Crippen LogP) is 2.89. The SMILES string of the molecule is CC1CCCC(N2CCCC2CC(=O)O)CC1. The fourth-order valence-corrected chi connectivity index (χ4v) is 3.56. The van der Waals surface area contributed by atoms with Gasteiger partial charge in [0.1, 0.15) is 0 Å². The Morgan fingerprint density at radius 2 is 2.00 bits per heavy atom. The van der Waals surface area contributed by atoms with Gasteiger partial charge in [0, 0.05) is 12.1 Å². The molecule has 0 aromatic heterocycles. The molecule has 3 heteroatoms. The summed E-state index contributed by atoms with van der Waals surface area (Å²) < 4.78 is 0. The molecule has 1 heterocycles. The van der Waals surface area contributed by atoms with Crippen molar-refractivity contribution >= 4 is 5.97 Å². The molecule has 17 heavy (non-hydrogen) atoms. The zero-order valence-corrected chi connectivity index (χ0v) is 10.9. The van der Waals surface area contributed by atoms with E-state index in [-0.39, 0.29) is 0 Å². The summed E-state index contributed by atoms with van der Waals surface area (Å²) in [6.07, 6.45) is 9.16. The normalized spacial score (nSPS) is 35.7. The van der Waals surface area contributed by atoms with Crippen molar-refractivity contribution in [3.63, 3.8) is 0 Å². The first-order valence-electron chi connectivity index (χ1n) is 7.14. The van der Waals surface area contributed by atoms with Crippen molar-refractivity contribution in [1.82, 2.24) is 4.90 Å². The van der Waals surface area contributed by atoms with E-state index in [1.807, 2.05) is 0 Å². The van der Waals surface area contributed by atoms with Gasteiger partial charge in [-0.25, -0.2) is 0 Å². The van der Waals surface area contributed by atoms with Gasteiger partial charge in [-0.3, -0.25) is 9.69 Å². The van der Waals surface area contributed by atoms with Crippen molar-refractivity contribution in [2.45, 2.75) is 70.4 Å². The van der Waals surface area contributed by atoms with Crippen LogP contribution in [-0.2, 0) is 4.79 Å². The zero-order valence-electron chi connectivity index (χ0n) is 10.9. The molecule has 0 spiro atoms. The third-order valence-electron chi connectivity index (χ3n) is 4.53. The number of hydrogen-bond donors (Lipinski definition) is 1. The summed E-state index contributed by atoms with van der Waals surface area (Å²) in [5.41, 5.74) is 0. The van der Waals surface area contributed by atoms with Crippen molar-refractivity contribution < 1.29 is 9.90 Å². The van der Waals surface area contributed by atoms with Crippen molar-refractivity contribution in [1.29, 1.82) is 0 Å². The summed E-state index contributed by atoms with van der Waals surface area (Å²) in [6, 6.07) is 0.970. The summed E-state index contributed by atoms with van der Waals surface area (Å²) in [5.74, 6) is 0.226. The van der Waals surface area contributed by atoms with E-state index in [0.29, 0.717) is 18.5 Å². The number of nitrogens with zero attached hydrogens (tertiary/aromatic N) is 1. The Balaban J connectivity index is 1.92. The molecule has 1 aliphatic heterocycles. The van der Waals surface area contributed by atoms with Crippen LogP contribution in [0.3, 0.4) is 0 Å². The minimum atomic E-state index is -0.635. The van der Waals surface area contributed by atoms with E-state index in [1.54, 1.807) is 0 Å². The number of carbonyl (C=O) groups is 1. The predicted molar refractivity (Wildman–Crippen MR) is 68.0 cm³/mol. The van der Waals surface area contributed by atoms with Gasteiger partial charge in [0.05, 0.1) is 6.42 Å². The van der Waals surface area contributed by atoms with Gasteiger partial charge in [0.15, 0.2) is 0 Å². The van der Waals surface area contributed by atoms with Gasteiger partial charge in [0.2, 0.25) is 0 Å². The third kappa shape index (κ3) is 3.44. The van der Waals surface area contributed by atoms with E-state index in [2.05, 4.69) is 11.8 Å². The average molecular weight is 239 g/mol. The fraction of sp³-hybridized carbons (Fsp3) is 0.929. The quantitative estimate of drug-likeness (QED) is 0.770. The Morgan fingerprint density at radius 1 is 1.18 bits per heavy atom. The average Bonchev–Trinajstić information content (AvgIpc) is 2.59. The second-order valence-electron chi connectivity index (χ2n) is 5.90. The van der Waals surface area contributed by atoms with Crippen LogP contribution in [0.2, 0.25) is 0 Å². The second kappa shape index (κ2) is 5.85. The molecule has 0 aromatic carbocycles. The highest BCUT2D eigenvalue weighted by atomic mass is 16.4. The number of hydrogen-bond acceptors (Lipinski definition) is 2. The molecule has 98 valence electrons. The summed E-state index contributed by atoms with van der Waals surface area (Å²) >= 11 is 0. The molecule has 1 saturated carbocycles. The molecule has 2 aliphatic rings. The number of likely N-dealkylation sites (tertiary alicyclic amines) is 1. The zero-order chi connectivity index (χ0) is 12.3. The van der Waals surface area contributed by atoms with Gasteiger partial charge in [-0.2, -0.15) is 0 Å². The maximum atomic E-state index is 10.9. The standard InChI is InChI=1S/C14H25NO2/c1-11-4-2-5-12(8-7-11)15-9-3-6-13(15)10-14(16)17/h11-13H,2-10H2,1H3,(H,16,17). The van der Waals surface area contributed by atoms with Crippen molar-refractivity contribution in [3.05, 3.63) is 0 Å². The van der Waals surface area contributed by atoms with Crippen LogP contribution in [0.5, 0.6) is 0 Å². The molecule has 3 unspecified atom stereocenters. The van der Waals surface area contributed by atoms with E-state index in [4.69, 9.17) is 5.11 Å². The van der Waals surface area contributed by atoms with Crippen molar-refractivity contribution in [2.24, 2.45) is 5.92 Å². The first kappa shape index (κ1) is 12.9. The van der Waals surface area contributed by atoms with E-state index in [0.717, 1.165) is 18.9 Å². The maximum absolute atomic E-state index is 10.9. The molecular formula is C14H25NO2. The molecule has 0 aromatic rings. The molecule has 1 N–H and O–H groups in total. The van der Waals surface area contributed by atoms with Gasteiger partial charge in [-0.05, 0) is 44.6 Å². The lowest BCUT2D eigenvalue weighted by atomic mass is 10.0. The molecule has 0 amide bonds. The molecule has 0 bridgehead atoms. The molecule has 1 aliphatic carbocycles. The number of carboxylic acid groups (broad SMARTS) is 1. The van der Waals surface area contributed by atoms with Crippen LogP contribution >= 0.6 is 0 Å². The Kier molecular flexibility index (Phi) is 4.43. The summed E-state index contributed by atoms with van der Waals surface area (Å²) in [7, 11) is 0. The van der Waals surface area contributed by atoms with Crippen LogP contribution in [0.4, 0.5) is 0 Å². The first-order chi connectivity index (χ1) is 8.16. The lowest BCUT2D eigenvalue weighted by Crippen LogP contribution is -2.39. The highest BCUT2D eigenvalue weighted by Gasteiger charge is 2.32. The van der Waals surface area contributed by atoms with Crippen molar-refractivity contribution in [2.75, 3.05) is 6.54 Å². The van der Waals surface area contributed by atoms with Crippen LogP contribution in [0.15, 0.2) is 0 Å². The number of aliphatic carboxylic acids is 1. The lowest BCUT2D eigenvalue weighted by Gasteiger charge is -2.32.